The predicted molar refractivity (Wildman–Crippen MR) is 383 cm³/mol. The molecule has 428 valence electrons. The van der Waals surface area contributed by atoms with Gasteiger partial charge in [0.05, 0.1) is 39.8 Å². The van der Waals surface area contributed by atoms with Crippen LogP contribution in [0.4, 0.5) is 51.2 Å². The fourth-order valence-electron chi connectivity index (χ4n) is 16.1. The van der Waals surface area contributed by atoms with Gasteiger partial charge in [-0.3, -0.25) is 0 Å². The Kier molecular flexibility index (Phi) is 11.1. The van der Waals surface area contributed by atoms with Crippen LogP contribution >= 0.6 is 0 Å². The van der Waals surface area contributed by atoms with E-state index in [1.165, 1.54) is 137 Å². The molecule has 0 amide bonds. The van der Waals surface area contributed by atoms with Gasteiger partial charge < -0.3 is 14.7 Å². The second kappa shape index (κ2) is 19.1. The summed E-state index contributed by atoms with van der Waals surface area (Å²) in [6.45, 7) is 14.8. The highest BCUT2D eigenvalue weighted by Gasteiger charge is 2.52. The molecule has 18 rings (SSSR count). The van der Waals surface area contributed by atoms with E-state index in [0.717, 1.165) is 34.1 Å². The predicted octanol–water partition coefficient (Wildman–Crippen LogP) is 24.3. The Hall–Kier alpha value is -10.7. The van der Waals surface area contributed by atoms with Gasteiger partial charge in [-0.15, -0.1) is 0 Å². The average Bonchev–Trinajstić information content (AvgIpc) is 0.667. The summed E-state index contributed by atoms with van der Waals surface area (Å²) in [5, 5.41) is 14.6. The van der Waals surface area contributed by atoms with Crippen molar-refractivity contribution in [3.8, 4) is 22.3 Å². The molecule has 90 heavy (non-hydrogen) atoms. The Morgan fingerprint density at radius 2 is 0.500 bits per heavy atom. The van der Waals surface area contributed by atoms with Crippen molar-refractivity contribution in [1.29, 1.82) is 0 Å². The Morgan fingerprint density at radius 3 is 0.856 bits per heavy atom. The third-order valence-corrected chi connectivity index (χ3v) is 20.8. The number of hydrogen-bond acceptors (Lipinski definition) is 3. The van der Waals surface area contributed by atoms with Crippen LogP contribution in [0.3, 0.4) is 0 Å². The highest BCUT2D eigenvalue weighted by Crippen LogP contribution is 2.67. The molecule has 0 saturated carbocycles. The molecule has 3 heterocycles. The number of anilines is 9. The molecular formula is C87H65N3. The van der Waals surface area contributed by atoms with Crippen molar-refractivity contribution < 1.29 is 0 Å². The molecule has 0 saturated heterocycles. The van der Waals surface area contributed by atoms with Crippen molar-refractivity contribution >= 4 is 116 Å². The molecule has 3 nitrogen and oxygen atoms in total. The summed E-state index contributed by atoms with van der Waals surface area (Å²) in [7, 11) is 0. The minimum Gasteiger partial charge on any atom is -0.309 e. The average molecular weight is 1150 g/mol. The summed E-state index contributed by atoms with van der Waals surface area (Å²) < 4.78 is 0. The summed E-state index contributed by atoms with van der Waals surface area (Å²) in [5.41, 5.74) is 23.2. The van der Waals surface area contributed by atoms with Crippen LogP contribution in [0.15, 0.2) is 285 Å². The number of nitrogens with zero attached hydrogens (tertiary/aromatic N) is 3. The van der Waals surface area contributed by atoms with Crippen molar-refractivity contribution in [2.45, 2.75) is 57.8 Å². The largest absolute Gasteiger partial charge is 0.309 e. The Labute approximate surface area is 526 Å². The smallest absolute Gasteiger partial charge is 0.0544 e. The van der Waals surface area contributed by atoms with E-state index in [2.05, 4.69) is 341 Å². The molecule has 0 radical (unpaired) electrons. The van der Waals surface area contributed by atoms with Gasteiger partial charge in [-0.25, -0.2) is 0 Å². The third kappa shape index (κ3) is 7.59. The lowest BCUT2D eigenvalue weighted by molar-refractivity contribution is 0.567. The van der Waals surface area contributed by atoms with Gasteiger partial charge in [-0.05, 0) is 184 Å². The topological polar surface area (TPSA) is 9.72 Å². The summed E-state index contributed by atoms with van der Waals surface area (Å²) in [6, 6.07) is 107. The van der Waals surface area contributed by atoms with Crippen LogP contribution in [0.25, 0.3) is 86.9 Å². The Bertz CT molecular complexity index is 5050. The quantitative estimate of drug-likeness (QED) is 0.150. The van der Waals surface area contributed by atoms with E-state index in [1.807, 2.05) is 0 Å². The molecule has 0 bridgehead atoms. The molecule has 0 aromatic heterocycles. The fourth-order valence-corrected chi connectivity index (χ4v) is 16.1. The second-order valence-electron chi connectivity index (χ2n) is 26.9. The van der Waals surface area contributed by atoms with Crippen LogP contribution in [0.1, 0.15) is 74.9 Å². The first-order valence-corrected chi connectivity index (χ1v) is 31.8. The SMILES string of the molecule is CC1(C)c2cccc3c2N2c4c1cc(-c1ccc5cc(N(c6cccc7ccccc67)c6cccc7ccccc67)ccc5c1)cc4C(C)(C)c1cc(-c4ccc5cc(N(c6cccc7ccccc67)c6cccc7ccccc67)ccc5c4)cc(c12)C3(C)C. The maximum absolute atomic E-state index is 2.70. The van der Waals surface area contributed by atoms with Crippen molar-refractivity contribution in [2.24, 2.45) is 0 Å². The highest BCUT2D eigenvalue weighted by atomic mass is 15.2. The van der Waals surface area contributed by atoms with Gasteiger partial charge in [0.15, 0.2) is 0 Å². The lowest BCUT2D eigenvalue weighted by Gasteiger charge is -2.55. The number of rotatable bonds is 8. The van der Waals surface area contributed by atoms with E-state index in [4.69, 9.17) is 0 Å². The third-order valence-electron chi connectivity index (χ3n) is 20.8. The van der Waals surface area contributed by atoms with Crippen LogP contribution in [-0.2, 0) is 16.2 Å². The van der Waals surface area contributed by atoms with E-state index in [-0.39, 0.29) is 16.2 Å². The van der Waals surface area contributed by atoms with E-state index < -0.39 is 0 Å². The summed E-state index contributed by atoms with van der Waals surface area (Å²) in [6.07, 6.45) is 0. The maximum atomic E-state index is 2.70. The molecule has 0 spiro atoms. The van der Waals surface area contributed by atoms with E-state index >= 15 is 0 Å². The van der Waals surface area contributed by atoms with Gasteiger partial charge >= 0.3 is 0 Å². The first kappa shape index (κ1) is 52.4. The normalized spacial score (nSPS) is 14.6. The lowest BCUT2D eigenvalue weighted by Crippen LogP contribution is -2.43. The van der Waals surface area contributed by atoms with E-state index in [0.29, 0.717) is 0 Å². The number of hydrogen-bond donors (Lipinski definition) is 0. The van der Waals surface area contributed by atoms with Gasteiger partial charge in [-0.1, -0.05) is 242 Å². The zero-order valence-electron chi connectivity index (χ0n) is 51.5. The second-order valence-corrected chi connectivity index (χ2v) is 26.9. The molecule has 0 fully saturated rings. The van der Waals surface area contributed by atoms with Crippen molar-refractivity contribution in [1.82, 2.24) is 0 Å². The van der Waals surface area contributed by atoms with Gasteiger partial charge in [0, 0.05) is 49.2 Å². The van der Waals surface area contributed by atoms with E-state index in [9.17, 15) is 0 Å². The van der Waals surface area contributed by atoms with Crippen molar-refractivity contribution in [2.75, 3.05) is 14.7 Å². The Morgan fingerprint density at radius 1 is 0.222 bits per heavy atom. The van der Waals surface area contributed by atoms with E-state index in [1.54, 1.807) is 0 Å². The molecule has 0 aliphatic carbocycles. The van der Waals surface area contributed by atoms with Gasteiger partial charge in [0.25, 0.3) is 0 Å². The first-order valence-electron chi connectivity index (χ1n) is 31.8. The Balaban J connectivity index is 0.765. The molecule has 0 atom stereocenters. The highest BCUT2D eigenvalue weighted by molar-refractivity contribution is 6.09. The van der Waals surface area contributed by atoms with Crippen molar-refractivity contribution in [3.63, 3.8) is 0 Å². The minimum atomic E-state index is -0.358. The van der Waals surface area contributed by atoms with Crippen molar-refractivity contribution in [3.05, 3.63) is 318 Å². The van der Waals surface area contributed by atoms with Gasteiger partial charge in [0.1, 0.15) is 0 Å². The zero-order chi connectivity index (χ0) is 60.4. The molecule has 3 aliphatic heterocycles. The van der Waals surface area contributed by atoms with Crippen LogP contribution in [-0.4, -0.2) is 0 Å². The zero-order valence-corrected chi connectivity index (χ0v) is 51.5. The first-order chi connectivity index (χ1) is 43.9. The number of benzene rings is 15. The molecule has 0 unspecified atom stereocenters. The van der Waals surface area contributed by atoms with Crippen LogP contribution < -0.4 is 14.7 Å². The van der Waals surface area contributed by atoms with Crippen LogP contribution in [0, 0.1) is 0 Å². The summed E-state index contributed by atoms with van der Waals surface area (Å²) >= 11 is 0. The monoisotopic (exact) mass is 1150 g/mol. The molecule has 3 heteroatoms. The number of para-hydroxylation sites is 1. The standard InChI is InChI=1S/C87H65N3/c1-85(2)72-32-19-33-73-82(72)90-83-74(85)50-64(60-38-40-62-48-66(44-42-58(62)46-60)88(78-34-15-24-54-20-7-11-28-68(54)78)79-35-16-25-55-21-8-12-29-69(55)79)52-76(83)87(5,6)77-53-65(51-75(84(77)90)86(73,3)4)61-39-41-63-49-67(45-43-59(63)47-61)89(80-36-17-26-56-22-9-13-30-70(56)80)81-37-18-27-57-23-10-14-31-71(57)81/h7-53H,1-6H3. The lowest BCUT2D eigenvalue weighted by atomic mass is 9.60. The van der Waals surface area contributed by atoms with Gasteiger partial charge in [-0.2, -0.15) is 0 Å². The molecule has 0 N–H and O–H groups in total. The molecule has 15 aromatic carbocycles. The summed E-state index contributed by atoms with van der Waals surface area (Å²) in [4.78, 5) is 7.62. The molecular weight excluding hydrogens is 1090 g/mol. The van der Waals surface area contributed by atoms with Crippen LogP contribution in [0.2, 0.25) is 0 Å². The molecule has 15 aromatic rings. The fraction of sp³-hybridized carbons (Fsp3) is 0.103. The minimum absolute atomic E-state index is 0.271. The van der Waals surface area contributed by atoms with Crippen LogP contribution in [0.5, 0.6) is 0 Å². The van der Waals surface area contributed by atoms with Gasteiger partial charge in [0.2, 0.25) is 0 Å². The number of fused-ring (bicyclic) bond motifs is 6. The molecule has 3 aliphatic rings. The maximum Gasteiger partial charge on any atom is 0.0544 e. The summed E-state index contributed by atoms with van der Waals surface area (Å²) in [5.74, 6) is 0.